The molecule has 1 unspecified atom stereocenters. The Morgan fingerprint density at radius 1 is 1.19 bits per heavy atom. The molecule has 0 saturated heterocycles. The number of nitrogens with one attached hydrogen (secondary N) is 1. The topological polar surface area (TPSA) is 30.5 Å². The fourth-order valence-corrected chi connectivity index (χ4v) is 2.62. The standard InChI is InChI=1S/C13H27NO2/c1-11(13(15-2)16-3)14-10-6-9-12-7-4-5-8-12/h11-14H,4-10H2,1-3H3. The van der Waals surface area contributed by atoms with Crippen LogP contribution in [0.4, 0.5) is 0 Å². The summed E-state index contributed by atoms with van der Waals surface area (Å²) in [6.45, 7) is 3.17. The van der Waals surface area contributed by atoms with Gasteiger partial charge in [-0.2, -0.15) is 0 Å². The summed E-state index contributed by atoms with van der Waals surface area (Å²) in [4.78, 5) is 0. The molecule has 1 atom stereocenters. The molecule has 0 aromatic heterocycles. The number of rotatable bonds is 8. The lowest BCUT2D eigenvalue weighted by atomic mass is 10.0. The molecule has 0 radical (unpaired) electrons. The third-order valence-electron chi connectivity index (χ3n) is 3.60. The Labute approximate surface area is 99.9 Å². The summed E-state index contributed by atoms with van der Waals surface area (Å²) in [6.07, 6.45) is 8.32. The second-order valence-corrected chi connectivity index (χ2v) is 4.88. The maximum atomic E-state index is 5.21. The molecule has 0 heterocycles. The van der Waals surface area contributed by atoms with E-state index >= 15 is 0 Å². The summed E-state index contributed by atoms with van der Waals surface area (Å²) in [7, 11) is 3.37. The number of methoxy groups -OCH3 is 2. The van der Waals surface area contributed by atoms with E-state index in [1.54, 1.807) is 14.2 Å². The van der Waals surface area contributed by atoms with Gasteiger partial charge >= 0.3 is 0 Å². The highest BCUT2D eigenvalue weighted by atomic mass is 16.7. The maximum absolute atomic E-state index is 5.21. The predicted molar refractivity (Wildman–Crippen MR) is 66.5 cm³/mol. The Kier molecular flexibility index (Phi) is 7.01. The van der Waals surface area contributed by atoms with Crippen LogP contribution in [0.5, 0.6) is 0 Å². The van der Waals surface area contributed by atoms with E-state index in [0.717, 1.165) is 12.5 Å². The molecule has 0 aromatic rings. The number of hydrogen-bond donors (Lipinski definition) is 1. The van der Waals surface area contributed by atoms with Crippen LogP contribution < -0.4 is 5.32 Å². The minimum Gasteiger partial charge on any atom is -0.354 e. The van der Waals surface area contributed by atoms with Crippen molar-refractivity contribution in [3.63, 3.8) is 0 Å². The molecular formula is C13H27NO2. The van der Waals surface area contributed by atoms with E-state index in [9.17, 15) is 0 Å². The van der Waals surface area contributed by atoms with Gasteiger partial charge in [-0.15, -0.1) is 0 Å². The molecule has 1 aliphatic carbocycles. The molecule has 0 aromatic carbocycles. The van der Waals surface area contributed by atoms with E-state index < -0.39 is 0 Å². The second-order valence-electron chi connectivity index (χ2n) is 4.88. The van der Waals surface area contributed by atoms with Crippen LogP contribution in [0.15, 0.2) is 0 Å². The Bertz CT molecular complexity index is 165. The molecule has 1 fully saturated rings. The second kappa shape index (κ2) is 8.04. The highest BCUT2D eigenvalue weighted by Gasteiger charge is 2.16. The minimum absolute atomic E-state index is 0.133. The first-order chi connectivity index (χ1) is 7.77. The quantitative estimate of drug-likeness (QED) is 0.512. The van der Waals surface area contributed by atoms with E-state index in [4.69, 9.17) is 9.47 Å². The summed E-state index contributed by atoms with van der Waals surface area (Å²) in [5.74, 6) is 0.998. The van der Waals surface area contributed by atoms with Crippen molar-refractivity contribution in [2.24, 2.45) is 5.92 Å². The predicted octanol–water partition coefficient (Wildman–Crippen LogP) is 2.55. The highest BCUT2D eigenvalue weighted by Crippen LogP contribution is 2.28. The van der Waals surface area contributed by atoms with Crippen molar-refractivity contribution < 1.29 is 9.47 Å². The maximum Gasteiger partial charge on any atom is 0.171 e. The molecule has 96 valence electrons. The lowest BCUT2D eigenvalue weighted by Gasteiger charge is -2.22. The Morgan fingerprint density at radius 3 is 2.38 bits per heavy atom. The normalized spacial score (nSPS) is 19.5. The van der Waals surface area contributed by atoms with E-state index in [0.29, 0.717) is 0 Å². The van der Waals surface area contributed by atoms with Gasteiger partial charge in [-0.05, 0) is 32.2 Å². The molecule has 1 saturated carbocycles. The molecule has 0 amide bonds. The minimum atomic E-state index is -0.133. The van der Waals surface area contributed by atoms with Gasteiger partial charge in [-0.1, -0.05) is 25.7 Å². The molecule has 0 aliphatic heterocycles. The van der Waals surface area contributed by atoms with E-state index in [2.05, 4.69) is 12.2 Å². The van der Waals surface area contributed by atoms with Crippen molar-refractivity contribution in [2.75, 3.05) is 20.8 Å². The fourth-order valence-electron chi connectivity index (χ4n) is 2.62. The zero-order chi connectivity index (χ0) is 11.8. The van der Waals surface area contributed by atoms with Gasteiger partial charge in [0.2, 0.25) is 0 Å². The van der Waals surface area contributed by atoms with E-state index in [-0.39, 0.29) is 12.3 Å². The molecule has 1 rings (SSSR count). The van der Waals surface area contributed by atoms with Gasteiger partial charge in [0.05, 0.1) is 6.04 Å². The molecule has 1 aliphatic rings. The summed E-state index contributed by atoms with van der Waals surface area (Å²) < 4.78 is 10.4. The van der Waals surface area contributed by atoms with Gasteiger partial charge in [-0.3, -0.25) is 0 Å². The van der Waals surface area contributed by atoms with Crippen LogP contribution in [0.2, 0.25) is 0 Å². The zero-order valence-corrected chi connectivity index (χ0v) is 11.0. The molecule has 3 heteroatoms. The fraction of sp³-hybridized carbons (Fsp3) is 1.00. The lowest BCUT2D eigenvalue weighted by Crippen LogP contribution is -2.40. The van der Waals surface area contributed by atoms with Crippen LogP contribution in [-0.4, -0.2) is 33.1 Å². The summed E-state index contributed by atoms with van der Waals surface area (Å²) in [6, 6.07) is 0.263. The van der Waals surface area contributed by atoms with E-state index in [1.165, 1.54) is 38.5 Å². The van der Waals surface area contributed by atoms with Crippen LogP contribution >= 0.6 is 0 Å². The first kappa shape index (κ1) is 13.9. The third kappa shape index (κ3) is 4.81. The van der Waals surface area contributed by atoms with E-state index in [1.807, 2.05) is 0 Å². The summed E-state index contributed by atoms with van der Waals surface area (Å²) in [5, 5.41) is 3.46. The van der Waals surface area contributed by atoms with Crippen LogP contribution in [0, 0.1) is 5.92 Å². The SMILES string of the molecule is COC(OC)C(C)NCCCC1CCCC1. The van der Waals surface area contributed by atoms with Crippen LogP contribution in [-0.2, 0) is 9.47 Å². The molecule has 0 spiro atoms. The van der Waals surface area contributed by atoms with Crippen molar-refractivity contribution in [3.8, 4) is 0 Å². The average Bonchev–Trinajstić information content (AvgIpc) is 2.79. The third-order valence-corrected chi connectivity index (χ3v) is 3.60. The smallest absolute Gasteiger partial charge is 0.171 e. The van der Waals surface area contributed by atoms with Crippen molar-refractivity contribution in [3.05, 3.63) is 0 Å². The zero-order valence-electron chi connectivity index (χ0n) is 11.0. The highest BCUT2D eigenvalue weighted by molar-refractivity contribution is 4.69. The number of ether oxygens (including phenoxy) is 2. The van der Waals surface area contributed by atoms with Gasteiger partial charge in [0.15, 0.2) is 6.29 Å². The van der Waals surface area contributed by atoms with Gasteiger partial charge in [0.25, 0.3) is 0 Å². The molecule has 16 heavy (non-hydrogen) atoms. The van der Waals surface area contributed by atoms with Crippen molar-refractivity contribution in [1.82, 2.24) is 5.32 Å². The van der Waals surface area contributed by atoms with Crippen molar-refractivity contribution in [2.45, 2.75) is 57.8 Å². The summed E-state index contributed by atoms with van der Waals surface area (Å²) in [5.41, 5.74) is 0. The Hall–Kier alpha value is -0.120. The Balaban J connectivity index is 2.00. The molecule has 1 N–H and O–H groups in total. The average molecular weight is 229 g/mol. The van der Waals surface area contributed by atoms with Crippen LogP contribution in [0.25, 0.3) is 0 Å². The largest absolute Gasteiger partial charge is 0.354 e. The van der Waals surface area contributed by atoms with Gasteiger partial charge in [-0.25, -0.2) is 0 Å². The van der Waals surface area contributed by atoms with Crippen LogP contribution in [0.1, 0.15) is 45.4 Å². The Morgan fingerprint density at radius 2 is 1.81 bits per heavy atom. The number of hydrogen-bond acceptors (Lipinski definition) is 3. The lowest BCUT2D eigenvalue weighted by molar-refractivity contribution is -0.119. The summed E-state index contributed by atoms with van der Waals surface area (Å²) >= 11 is 0. The first-order valence-corrected chi connectivity index (χ1v) is 6.57. The molecule has 0 bridgehead atoms. The monoisotopic (exact) mass is 229 g/mol. The van der Waals surface area contributed by atoms with Gasteiger partial charge in [0, 0.05) is 14.2 Å². The molecular weight excluding hydrogens is 202 g/mol. The van der Waals surface area contributed by atoms with Crippen LogP contribution in [0.3, 0.4) is 0 Å². The van der Waals surface area contributed by atoms with Crippen molar-refractivity contribution in [1.29, 1.82) is 0 Å². The van der Waals surface area contributed by atoms with Crippen molar-refractivity contribution >= 4 is 0 Å². The van der Waals surface area contributed by atoms with Gasteiger partial charge in [0.1, 0.15) is 0 Å². The molecule has 3 nitrogen and oxygen atoms in total. The first-order valence-electron chi connectivity index (χ1n) is 6.57. The van der Waals surface area contributed by atoms with Gasteiger partial charge < -0.3 is 14.8 Å².